The number of hydrogen-bond acceptors (Lipinski definition) is 8. The molecule has 1 aliphatic heterocycles. The Labute approximate surface area is 234 Å². The highest BCUT2D eigenvalue weighted by Crippen LogP contribution is 2.35. The number of alkyl carbamates (subject to hydrolysis) is 1. The summed E-state index contributed by atoms with van der Waals surface area (Å²) in [5.74, 6) is -2.45. The highest BCUT2D eigenvalue weighted by molar-refractivity contribution is 5.95. The molecule has 0 radical (unpaired) electrons. The van der Waals surface area contributed by atoms with Crippen molar-refractivity contribution in [2.45, 2.75) is 83.2 Å². The number of benzene rings is 1. The number of carbonyl (C=O) groups is 5. The van der Waals surface area contributed by atoms with Crippen LogP contribution in [0, 0.1) is 5.92 Å². The number of nitrogens with zero attached hydrogens (tertiary/aromatic N) is 1. The highest BCUT2D eigenvalue weighted by Gasteiger charge is 2.45. The molecule has 1 saturated heterocycles. The van der Waals surface area contributed by atoms with Crippen molar-refractivity contribution in [1.29, 1.82) is 0 Å². The Balaban J connectivity index is 1.70. The molecule has 1 aliphatic carbocycles. The summed E-state index contributed by atoms with van der Waals surface area (Å²) in [6, 6.07) is 5.99. The van der Waals surface area contributed by atoms with Gasteiger partial charge in [0, 0.05) is 6.54 Å². The molecule has 1 aromatic carbocycles. The van der Waals surface area contributed by atoms with Gasteiger partial charge >= 0.3 is 18.0 Å². The minimum Gasteiger partial charge on any atom is -0.460 e. The normalized spacial score (nSPS) is 18.2. The Morgan fingerprint density at radius 3 is 2.38 bits per heavy atom. The molecule has 0 bridgehead atoms. The third-order valence-electron chi connectivity index (χ3n) is 6.42. The number of hydrogen-bond donors (Lipinski definition) is 2. The summed E-state index contributed by atoms with van der Waals surface area (Å²) in [7, 11) is 0. The molecule has 2 N–H and O–H groups in total. The summed E-state index contributed by atoms with van der Waals surface area (Å²) < 4.78 is 15.8. The number of amides is 3. The van der Waals surface area contributed by atoms with E-state index in [0.717, 1.165) is 18.4 Å². The van der Waals surface area contributed by atoms with Gasteiger partial charge in [0.1, 0.15) is 36.9 Å². The minimum absolute atomic E-state index is 0.0328. The van der Waals surface area contributed by atoms with Crippen LogP contribution >= 0.6 is 0 Å². The predicted octanol–water partition coefficient (Wildman–Crippen LogP) is 2.63. The molecule has 3 rings (SSSR count). The molecule has 3 atom stereocenters. The molecule has 3 amide bonds. The molecule has 1 heterocycles. The monoisotopic (exact) mass is 557 g/mol. The number of ether oxygens (including phenoxy) is 3. The van der Waals surface area contributed by atoms with E-state index in [0.29, 0.717) is 19.4 Å². The van der Waals surface area contributed by atoms with E-state index in [9.17, 15) is 24.0 Å². The maximum absolute atomic E-state index is 13.5. The number of likely N-dealkylation sites (tertiary alicyclic amines) is 1. The van der Waals surface area contributed by atoms with Gasteiger partial charge in [-0.15, -0.1) is 0 Å². The Morgan fingerprint density at radius 2 is 1.75 bits per heavy atom. The standard InChI is InChI=1S/C29H39N3O8/c1-5-16-38-27(36)22-12-9-15-32(22)26(35)24(20-13-14-20)31-25(34)21(17-23(33)40-29(2,3)4)30-28(37)39-18-19-10-7-6-8-11-19/h5-8,10-11,20-22,24H,1,9,12-18H2,2-4H3,(H,30,37)(H,31,34)/t21-,22+,24+/m0/s1. The van der Waals surface area contributed by atoms with Gasteiger partial charge in [0.15, 0.2) is 0 Å². The molecule has 1 saturated carbocycles. The lowest BCUT2D eigenvalue weighted by Crippen LogP contribution is -2.57. The maximum atomic E-state index is 13.5. The first-order chi connectivity index (χ1) is 19.0. The van der Waals surface area contributed by atoms with Gasteiger partial charge in [-0.05, 0) is 57.9 Å². The number of esters is 2. The number of rotatable bonds is 12. The van der Waals surface area contributed by atoms with Crippen LogP contribution in [0.1, 0.15) is 58.4 Å². The van der Waals surface area contributed by atoms with E-state index in [2.05, 4.69) is 17.2 Å². The van der Waals surface area contributed by atoms with Crippen molar-refractivity contribution in [3.63, 3.8) is 0 Å². The van der Waals surface area contributed by atoms with Crippen molar-refractivity contribution in [3.05, 3.63) is 48.6 Å². The largest absolute Gasteiger partial charge is 0.460 e. The zero-order valence-electron chi connectivity index (χ0n) is 23.4. The smallest absolute Gasteiger partial charge is 0.408 e. The molecule has 218 valence electrons. The highest BCUT2D eigenvalue weighted by atomic mass is 16.6. The summed E-state index contributed by atoms with van der Waals surface area (Å²) in [6.07, 6.45) is 2.62. The second-order valence-corrected chi connectivity index (χ2v) is 11.0. The van der Waals surface area contributed by atoms with Crippen LogP contribution < -0.4 is 10.6 Å². The van der Waals surface area contributed by atoms with Crippen LogP contribution in [0.25, 0.3) is 0 Å². The molecule has 0 unspecified atom stereocenters. The molecule has 11 heteroatoms. The van der Waals surface area contributed by atoms with Crippen molar-refractivity contribution >= 4 is 29.8 Å². The third-order valence-corrected chi connectivity index (χ3v) is 6.42. The lowest BCUT2D eigenvalue weighted by atomic mass is 10.1. The van der Waals surface area contributed by atoms with E-state index in [1.54, 1.807) is 45.0 Å². The van der Waals surface area contributed by atoms with Crippen LogP contribution in [0.5, 0.6) is 0 Å². The van der Waals surface area contributed by atoms with E-state index in [-0.39, 0.29) is 19.1 Å². The average molecular weight is 558 g/mol. The van der Waals surface area contributed by atoms with Gasteiger partial charge in [-0.2, -0.15) is 0 Å². The van der Waals surface area contributed by atoms with Crippen molar-refractivity contribution in [1.82, 2.24) is 15.5 Å². The second kappa shape index (κ2) is 14.0. The fourth-order valence-electron chi connectivity index (χ4n) is 4.42. The van der Waals surface area contributed by atoms with Crippen LogP contribution in [-0.2, 0) is 40.0 Å². The van der Waals surface area contributed by atoms with Gasteiger partial charge in [-0.3, -0.25) is 14.4 Å². The zero-order chi connectivity index (χ0) is 29.3. The lowest BCUT2D eigenvalue weighted by molar-refractivity contribution is -0.156. The zero-order valence-corrected chi connectivity index (χ0v) is 23.4. The molecular formula is C29H39N3O8. The minimum atomic E-state index is -1.35. The Hall–Kier alpha value is -3.89. The van der Waals surface area contributed by atoms with Gasteiger partial charge in [-0.1, -0.05) is 43.0 Å². The van der Waals surface area contributed by atoms with Gasteiger partial charge < -0.3 is 29.7 Å². The van der Waals surface area contributed by atoms with E-state index in [4.69, 9.17) is 14.2 Å². The van der Waals surface area contributed by atoms with Gasteiger partial charge in [-0.25, -0.2) is 9.59 Å². The third kappa shape index (κ3) is 9.39. The molecule has 2 aliphatic rings. The van der Waals surface area contributed by atoms with Crippen LogP contribution in [0.3, 0.4) is 0 Å². The topological polar surface area (TPSA) is 140 Å². The van der Waals surface area contributed by atoms with Crippen LogP contribution in [0.15, 0.2) is 43.0 Å². The van der Waals surface area contributed by atoms with E-state index in [1.807, 2.05) is 6.07 Å². The van der Waals surface area contributed by atoms with Crippen molar-refractivity contribution in [2.24, 2.45) is 5.92 Å². The van der Waals surface area contributed by atoms with Gasteiger partial charge in [0.2, 0.25) is 11.8 Å². The molecular weight excluding hydrogens is 518 g/mol. The van der Waals surface area contributed by atoms with E-state index >= 15 is 0 Å². The first-order valence-corrected chi connectivity index (χ1v) is 13.6. The van der Waals surface area contributed by atoms with E-state index in [1.165, 1.54) is 11.0 Å². The Kier molecular flexibility index (Phi) is 10.7. The Bertz CT molecular complexity index is 1080. The molecule has 40 heavy (non-hydrogen) atoms. The average Bonchev–Trinajstić information content (AvgIpc) is 3.62. The van der Waals surface area contributed by atoms with Gasteiger partial charge in [0.05, 0.1) is 6.42 Å². The lowest BCUT2D eigenvalue weighted by Gasteiger charge is -2.29. The summed E-state index contributed by atoms with van der Waals surface area (Å²) in [4.78, 5) is 66.1. The van der Waals surface area contributed by atoms with Crippen molar-refractivity contribution in [2.75, 3.05) is 13.2 Å². The summed E-state index contributed by atoms with van der Waals surface area (Å²) in [5.41, 5.74) is -0.0550. The molecule has 1 aromatic rings. The predicted molar refractivity (Wildman–Crippen MR) is 145 cm³/mol. The van der Waals surface area contributed by atoms with Crippen LogP contribution in [0.4, 0.5) is 4.79 Å². The maximum Gasteiger partial charge on any atom is 0.408 e. The Morgan fingerprint density at radius 1 is 1.05 bits per heavy atom. The number of carbonyl (C=O) groups excluding carboxylic acids is 5. The fourth-order valence-corrected chi connectivity index (χ4v) is 4.42. The van der Waals surface area contributed by atoms with Crippen molar-refractivity contribution in [3.8, 4) is 0 Å². The molecule has 11 nitrogen and oxygen atoms in total. The van der Waals surface area contributed by atoms with Crippen LogP contribution in [0.2, 0.25) is 0 Å². The first-order valence-electron chi connectivity index (χ1n) is 13.6. The fraction of sp³-hybridized carbons (Fsp3) is 0.552. The molecule has 2 fully saturated rings. The summed E-state index contributed by atoms with van der Waals surface area (Å²) in [6.45, 7) is 8.97. The summed E-state index contributed by atoms with van der Waals surface area (Å²) in [5, 5.41) is 5.17. The quantitative estimate of drug-likeness (QED) is 0.227. The SMILES string of the molecule is C=CCOC(=O)[C@H]1CCCN1C(=O)[C@H](NC(=O)[C@H](CC(=O)OC(C)(C)C)NC(=O)OCc1ccccc1)C1CC1. The molecule has 0 spiro atoms. The van der Waals surface area contributed by atoms with Crippen molar-refractivity contribution < 1.29 is 38.2 Å². The van der Waals surface area contributed by atoms with Gasteiger partial charge in [0.25, 0.3) is 0 Å². The van der Waals surface area contributed by atoms with E-state index < -0.39 is 60.0 Å². The molecule has 0 aromatic heterocycles. The first kappa shape index (κ1) is 30.6. The van der Waals surface area contributed by atoms with Crippen LogP contribution in [-0.4, -0.2) is 71.6 Å². The number of nitrogens with one attached hydrogen (secondary N) is 2. The second-order valence-electron chi connectivity index (χ2n) is 11.0. The summed E-state index contributed by atoms with van der Waals surface area (Å²) >= 11 is 0.